The fourth-order valence-electron chi connectivity index (χ4n) is 3.27. The molecule has 0 amide bonds. The summed E-state index contributed by atoms with van der Waals surface area (Å²) < 4.78 is 19.8. The minimum Gasteiger partial charge on any atom is -0.375 e. The van der Waals surface area contributed by atoms with Gasteiger partial charge in [-0.25, -0.2) is 4.39 Å². The van der Waals surface area contributed by atoms with Gasteiger partial charge in [-0.3, -0.25) is 4.90 Å². The second kappa shape index (κ2) is 5.57. The quantitative estimate of drug-likeness (QED) is 0.908. The van der Waals surface area contributed by atoms with Gasteiger partial charge in [0.15, 0.2) is 0 Å². The number of fused-ring (bicyclic) bond motifs is 1. The van der Waals surface area contributed by atoms with Crippen LogP contribution in [0.15, 0.2) is 18.2 Å². The molecule has 2 atom stereocenters. The van der Waals surface area contributed by atoms with Crippen molar-refractivity contribution in [1.29, 1.82) is 0 Å². The summed E-state index contributed by atoms with van der Waals surface area (Å²) in [6.07, 6.45) is 3.91. The topological polar surface area (TPSA) is 38.5 Å². The Morgan fingerprint density at radius 3 is 3.05 bits per heavy atom. The molecular formula is C15H21FN2O. The Morgan fingerprint density at radius 1 is 1.37 bits per heavy atom. The number of halogens is 1. The first-order chi connectivity index (χ1) is 9.28. The van der Waals surface area contributed by atoms with Crippen molar-refractivity contribution in [2.24, 2.45) is 5.73 Å². The van der Waals surface area contributed by atoms with Gasteiger partial charge in [-0.2, -0.15) is 0 Å². The van der Waals surface area contributed by atoms with E-state index in [1.54, 1.807) is 6.07 Å². The third-order valence-corrected chi connectivity index (χ3v) is 4.32. The zero-order valence-electron chi connectivity index (χ0n) is 11.1. The highest BCUT2D eigenvalue weighted by Crippen LogP contribution is 2.30. The van der Waals surface area contributed by atoms with E-state index in [1.165, 1.54) is 12.8 Å². The molecule has 1 heterocycles. The Balaban J connectivity index is 1.73. The molecule has 0 aromatic heterocycles. The van der Waals surface area contributed by atoms with Gasteiger partial charge >= 0.3 is 0 Å². The van der Waals surface area contributed by atoms with E-state index in [9.17, 15) is 4.39 Å². The van der Waals surface area contributed by atoms with Crippen molar-refractivity contribution >= 4 is 0 Å². The summed E-state index contributed by atoms with van der Waals surface area (Å²) in [6.45, 7) is 2.74. The van der Waals surface area contributed by atoms with Crippen molar-refractivity contribution in [3.05, 3.63) is 35.1 Å². The standard InChI is InChI=1S/C15H21FN2O/c16-13-8-11(9-17)4-5-12(13)10-18-6-7-19-15-3-1-2-14(15)18/h4-5,8,14-15H,1-3,6-7,9-10,17H2. The third-order valence-electron chi connectivity index (χ3n) is 4.32. The first-order valence-electron chi connectivity index (χ1n) is 7.11. The van der Waals surface area contributed by atoms with Crippen LogP contribution in [-0.4, -0.2) is 30.2 Å². The van der Waals surface area contributed by atoms with Gasteiger partial charge in [0.1, 0.15) is 5.82 Å². The second-order valence-electron chi connectivity index (χ2n) is 5.51. The first kappa shape index (κ1) is 13.0. The number of morpholine rings is 1. The van der Waals surface area contributed by atoms with Crippen LogP contribution in [0, 0.1) is 5.82 Å². The lowest BCUT2D eigenvalue weighted by molar-refractivity contribution is -0.0591. The lowest BCUT2D eigenvalue weighted by Crippen LogP contribution is -2.47. The molecular weight excluding hydrogens is 243 g/mol. The van der Waals surface area contributed by atoms with Crippen LogP contribution in [0.3, 0.4) is 0 Å². The number of hydrogen-bond donors (Lipinski definition) is 1. The van der Waals surface area contributed by atoms with E-state index >= 15 is 0 Å². The minimum absolute atomic E-state index is 0.135. The van der Waals surface area contributed by atoms with Crippen molar-refractivity contribution in [2.45, 2.75) is 44.5 Å². The maximum Gasteiger partial charge on any atom is 0.128 e. The molecule has 1 saturated carbocycles. The van der Waals surface area contributed by atoms with Crippen LogP contribution in [0.4, 0.5) is 4.39 Å². The fraction of sp³-hybridized carbons (Fsp3) is 0.600. The zero-order valence-corrected chi connectivity index (χ0v) is 11.1. The molecule has 104 valence electrons. The molecule has 4 heteroatoms. The Kier molecular flexibility index (Phi) is 3.82. The summed E-state index contributed by atoms with van der Waals surface area (Å²) in [6, 6.07) is 5.83. The monoisotopic (exact) mass is 264 g/mol. The van der Waals surface area contributed by atoms with E-state index in [2.05, 4.69) is 4.90 Å². The highest BCUT2D eigenvalue weighted by atomic mass is 19.1. The van der Waals surface area contributed by atoms with Crippen LogP contribution < -0.4 is 5.73 Å². The molecule has 2 aliphatic rings. The number of hydrogen-bond acceptors (Lipinski definition) is 3. The summed E-state index contributed by atoms with van der Waals surface area (Å²) >= 11 is 0. The van der Waals surface area contributed by atoms with E-state index in [-0.39, 0.29) is 5.82 Å². The summed E-state index contributed by atoms with van der Waals surface area (Å²) in [5, 5.41) is 0. The van der Waals surface area contributed by atoms with Crippen LogP contribution in [0.5, 0.6) is 0 Å². The van der Waals surface area contributed by atoms with Crippen LogP contribution in [-0.2, 0) is 17.8 Å². The van der Waals surface area contributed by atoms with Crippen LogP contribution in [0.1, 0.15) is 30.4 Å². The van der Waals surface area contributed by atoms with Gasteiger partial charge in [0.25, 0.3) is 0 Å². The highest BCUT2D eigenvalue weighted by molar-refractivity contribution is 5.24. The predicted octanol–water partition coefficient (Wildman–Crippen LogP) is 2.04. The lowest BCUT2D eigenvalue weighted by atomic mass is 10.1. The number of ether oxygens (including phenoxy) is 1. The van der Waals surface area contributed by atoms with E-state index in [0.717, 1.165) is 30.7 Å². The summed E-state index contributed by atoms with van der Waals surface area (Å²) in [5.74, 6) is -0.135. The van der Waals surface area contributed by atoms with E-state index < -0.39 is 0 Å². The first-order valence-corrected chi connectivity index (χ1v) is 7.11. The van der Waals surface area contributed by atoms with Crippen molar-refractivity contribution in [3.63, 3.8) is 0 Å². The molecule has 2 unspecified atom stereocenters. The van der Waals surface area contributed by atoms with Crippen LogP contribution in [0.2, 0.25) is 0 Å². The molecule has 3 rings (SSSR count). The Morgan fingerprint density at radius 2 is 2.26 bits per heavy atom. The van der Waals surface area contributed by atoms with Crippen molar-refractivity contribution in [1.82, 2.24) is 4.90 Å². The number of nitrogens with zero attached hydrogens (tertiary/aromatic N) is 1. The average Bonchev–Trinajstić information content (AvgIpc) is 2.90. The van der Waals surface area contributed by atoms with Gasteiger partial charge in [0, 0.05) is 31.2 Å². The average molecular weight is 264 g/mol. The molecule has 3 nitrogen and oxygen atoms in total. The molecule has 1 aromatic carbocycles. The van der Waals surface area contributed by atoms with Gasteiger partial charge in [-0.1, -0.05) is 12.1 Å². The van der Waals surface area contributed by atoms with Gasteiger partial charge < -0.3 is 10.5 Å². The normalized spacial score (nSPS) is 27.5. The lowest BCUT2D eigenvalue weighted by Gasteiger charge is -2.37. The van der Waals surface area contributed by atoms with Crippen molar-refractivity contribution < 1.29 is 9.13 Å². The van der Waals surface area contributed by atoms with Gasteiger partial charge in [0.2, 0.25) is 0 Å². The van der Waals surface area contributed by atoms with E-state index in [0.29, 0.717) is 25.2 Å². The molecule has 2 N–H and O–H groups in total. The molecule has 0 spiro atoms. The zero-order chi connectivity index (χ0) is 13.2. The Labute approximate surface area is 113 Å². The summed E-state index contributed by atoms with van der Waals surface area (Å²) in [7, 11) is 0. The fourth-order valence-corrected chi connectivity index (χ4v) is 3.27. The Hall–Kier alpha value is -0.970. The highest BCUT2D eigenvalue weighted by Gasteiger charge is 2.36. The summed E-state index contributed by atoms with van der Waals surface area (Å²) in [5.41, 5.74) is 7.15. The maximum atomic E-state index is 14.0. The predicted molar refractivity (Wildman–Crippen MR) is 72.1 cm³/mol. The third kappa shape index (κ3) is 2.66. The molecule has 1 aliphatic heterocycles. The van der Waals surface area contributed by atoms with Crippen LogP contribution >= 0.6 is 0 Å². The molecule has 0 bridgehead atoms. The molecule has 0 radical (unpaired) electrons. The van der Waals surface area contributed by atoms with Gasteiger partial charge in [-0.05, 0) is 30.9 Å². The number of rotatable bonds is 3. The number of benzene rings is 1. The SMILES string of the molecule is NCc1ccc(CN2CCOC3CCCC32)c(F)c1. The van der Waals surface area contributed by atoms with E-state index in [4.69, 9.17) is 10.5 Å². The molecule has 1 aliphatic carbocycles. The van der Waals surface area contributed by atoms with Crippen LogP contribution in [0.25, 0.3) is 0 Å². The smallest absolute Gasteiger partial charge is 0.128 e. The molecule has 2 fully saturated rings. The molecule has 1 aromatic rings. The largest absolute Gasteiger partial charge is 0.375 e. The van der Waals surface area contributed by atoms with Crippen molar-refractivity contribution in [2.75, 3.05) is 13.2 Å². The minimum atomic E-state index is -0.135. The van der Waals surface area contributed by atoms with Crippen molar-refractivity contribution in [3.8, 4) is 0 Å². The summed E-state index contributed by atoms with van der Waals surface area (Å²) in [4.78, 5) is 2.38. The molecule has 19 heavy (non-hydrogen) atoms. The second-order valence-corrected chi connectivity index (χ2v) is 5.51. The van der Waals surface area contributed by atoms with Gasteiger partial charge in [0.05, 0.1) is 12.7 Å². The molecule has 1 saturated heterocycles. The maximum absolute atomic E-state index is 14.0. The van der Waals surface area contributed by atoms with E-state index in [1.807, 2.05) is 12.1 Å². The number of nitrogens with two attached hydrogens (primary N) is 1. The van der Waals surface area contributed by atoms with Gasteiger partial charge in [-0.15, -0.1) is 0 Å². The Bertz CT molecular complexity index is 452.